The molecule has 2 aromatic heterocycles. The van der Waals surface area contributed by atoms with Crippen LogP contribution in [0.3, 0.4) is 0 Å². The predicted octanol–water partition coefficient (Wildman–Crippen LogP) is 2.41. The van der Waals surface area contributed by atoms with Crippen molar-refractivity contribution in [2.45, 2.75) is 33.7 Å². The second-order valence-corrected chi connectivity index (χ2v) is 5.89. The molecule has 3 aromatic rings. The van der Waals surface area contributed by atoms with Gasteiger partial charge in [-0.3, -0.25) is 0 Å². The first-order valence-electron chi connectivity index (χ1n) is 7.46. The Morgan fingerprint density at radius 2 is 2.09 bits per heavy atom. The maximum atomic E-state index is 4.69. The van der Waals surface area contributed by atoms with Gasteiger partial charge in [0.15, 0.2) is 11.6 Å². The van der Waals surface area contributed by atoms with Gasteiger partial charge in [0, 0.05) is 6.42 Å². The molecule has 0 atom stereocenters. The number of benzene rings is 1. The third-order valence-electron chi connectivity index (χ3n) is 3.33. The Kier molecular flexibility index (Phi) is 4.00. The summed E-state index contributed by atoms with van der Waals surface area (Å²) in [6.45, 7) is 6.97. The van der Waals surface area contributed by atoms with Gasteiger partial charge < -0.3 is 0 Å². The standard InChI is InChI=1S/C16H20N6/c1-12(2)7-15-19-16(9-21-11-17-10-18-21)22(20-15)14-6-4-5-13(3)8-14/h4-6,8,10-12H,7,9H2,1-3H3. The summed E-state index contributed by atoms with van der Waals surface area (Å²) in [6, 6.07) is 8.27. The summed E-state index contributed by atoms with van der Waals surface area (Å²) in [5.41, 5.74) is 2.22. The minimum absolute atomic E-state index is 0.521. The fourth-order valence-electron chi connectivity index (χ4n) is 2.37. The summed E-state index contributed by atoms with van der Waals surface area (Å²) >= 11 is 0. The van der Waals surface area contributed by atoms with Gasteiger partial charge in [-0.05, 0) is 30.5 Å². The van der Waals surface area contributed by atoms with Crippen molar-refractivity contribution in [1.29, 1.82) is 0 Å². The van der Waals surface area contributed by atoms with Crippen molar-refractivity contribution in [2.24, 2.45) is 5.92 Å². The molecule has 6 nitrogen and oxygen atoms in total. The molecule has 0 radical (unpaired) electrons. The van der Waals surface area contributed by atoms with Gasteiger partial charge in [-0.1, -0.05) is 26.0 Å². The van der Waals surface area contributed by atoms with Gasteiger partial charge in [-0.15, -0.1) is 0 Å². The van der Waals surface area contributed by atoms with Gasteiger partial charge in [0.1, 0.15) is 19.2 Å². The summed E-state index contributed by atoms with van der Waals surface area (Å²) in [5.74, 6) is 2.26. The van der Waals surface area contributed by atoms with E-state index in [4.69, 9.17) is 4.98 Å². The molecule has 114 valence electrons. The van der Waals surface area contributed by atoms with Crippen molar-refractivity contribution in [1.82, 2.24) is 29.5 Å². The van der Waals surface area contributed by atoms with Gasteiger partial charge in [-0.2, -0.15) is 10.2 Å². The topological polar surface area (TPSA) is 61.4 Å². The number of aryl methyl sites for hydroxylation is 1. The lowest BCUT2D eigenvalue weighted by Crippen LogP contribution is -2.09. The zero-order chi connectivity index (χ0) is 15.5. The second kappa shape index (κ2) is 6.09. The fourth-order valence-corrected chi connectivity index (χ4v) is 2.37. The Morgan fingerprint density at radius 1 is 1.23 bits per heavy atom. The molecular weight excluding hydrogens is 276 g/mol. The van der Waals surface area contributed by atoms with Crippen LogP contribution in [0.4, 0.5) is 0 Å². The molecule has 2 heterocycles. The third kappa shape index (κ3) is 3.21. The first kappa shape index (κ1) is 14.4. The molecular formula is C16H20N6. The highest BCUT2D eigenvalue weighted by atomic mass is 15.4. The maximum Gasteiger partial charge on any atom is 0.154 e. The Bertz CT molecular complexity index is 742. The quantitative estimate of drug-likeness (QED) is 0.725. The maximum absolute atomic E-state index is 4.69. The molecule has 0 aliphatic rings. The minimum Gasteiger partial charge on any atom is -0.245 e. The summed E-state index contributed by atoms with van der Waals surface area (Å²) in [7, 11) is 0. The number of aromatic nitrogens is 6. The van der Waals surface area contributed by atoms with Crippen LogP contribution in [-0.2, 0) is 13.0 Å². The van der Waals surface area contributed by atoms with Crippen LogP contribution in [0, 0.1) is 12.8 Å². The van der Waals surface area contributed by atoms with E-state index in [1.807, 2.05) is 16.8 Å². The Balaban J connectivity index is 2.00. The molecule has 22 heavy (non-hydrogen) atoms. The molecule has 1 aromatic carbocycles. The molecule has 0 amide bonds. The molecule has 0 fully saturated rings. The van der Waals surface area contributed by atoms with E-state index in [1.54, 1.807) is 11.0 Å². The molecule has 0 spiro atoms. The summed E-state index contributed by atoms with van der Waals surface area (Å²) < 4.78 is 3.67. The second-order valence-electron chi connectivity index (χ2n) is 5.89. The van der Waals surface area contributed by atoms with Crippen LogP contribution in [0.2, 0.25) is 0 Å². The molecule has 0 unspecified atom stereocenters. The van der Waals surface area contributed by atoms with Crippen LogP contribution in [0.15, 0.2) is 36.9 Å². The summed E-state index contributed by atoms with van der Waals surface area (Å²) in [4.78, 5) is 8.68. The predicted molar refractivity (Wildman–Crippen MR) is 83.8 cm³/mol. The van der Waals surface area contributed by atoms with Crippen molar-refractivity contribution in [2.75, 3.05) is 0 Å². The molecule has 0 N–H and O–H groups in total. The monoisotopic (exact) mass is 296 g/mol. The van der Waals surface area contributed by atoms with Crippen LogP contribution in [0.1, 0.15) is 31.1 Å². The van der Waals surface area contributed by atoms with Gasteiger partial charge >= 0.3 is 0 Å². The van der Waals surface area contributed by atoms with Crippen LogP contribution in [0.5, 0.6) is 0 Å². The SMILES string of the molecule is Cc1cccc(-n2nc(CC(C)C)nc2Cn2cncn2)c1. The van der Waals surface area contributed by atoms with E-state index in [0.717, 1.165) is 23.8 Å². The van der Waals surface area contributed by atoms with Crippen molar-refractivity contribution in [3.8, 4) is 5.69 Å². The van der Waals surface area contributed by atoms with Crippen LogP contribution < -0.4 is 0 Å². The van der Waals surface area contributed by atoms with Crippen LogP contribution >= 0.6 is 0 Å². The van der Waals surface area contributed by atoms with Gasteiger partial charge in [0.05, 0.1) is 5.69 Å². The largest absolute Gasteiger partial charge is 0.245 e. The van der Waals surface area contributed by atoms with Crippen molar-refractivity contribution in [3.05, 3.63) is 54.1 Å². The van der Waals surface area contributed by atoms with Crippen molar-refractivity contribution < 1.29 is 0 Å². The van der Waals surface area contributed by atoms with Gasteiger partial charge in [0.25, 0.3) is 0 Å². The number of hydrogen-bond donors (Lipinski definition) is 0. The Labute approximate surface area is 129 Å². The summed E-state index contributed by atoms with van der Waals surface area (Å²) in [6.07, 6.45) is 4.09. The molecule has 0 bridgehead atoms. The van der Waals surface area contributed by atoms with Crippen molar-refractivity contribution >= 4 is 0 Å². The van der Waals surface area contributed by atoms with E-state index in [2.05, 4.69) is 48.1 Å². The molecule has 0 saturated heterocycles. The van der Waals surface area contributed by atoms with E-state index < -0.39 is 0 Å². The molecule has 0 aliphatic carbocycles. The van der Waals surface area contributed by atoms with Gasteiger partial charge in [-0.25, -0.2) is 19.3 Å². The fraction of sp³-hybridized carbons (Fsp3) is 0.375. The van der Waals surface area contributed by atoms with Crippen molar-refractivity contribution in [3.63, 3.8) is 0 Å². The first-order chi connectivity index (χ1) is 10.6. The van der Waals surface area contributed by atoms with E-state index in [9.17, 15) is 0 Å². The van der Waals surface area contributed by atoms with E-state index in [0.29, 0.717) is 12.5 Å². The van der Waals surface area contributed by atoms with Gasteiger partial charge in [0.2, 0.25) is 0 Å². The molecule has 3 rings (SSSR count). The van der Waals surface area contributed by atoms with E-state index in [1.165, 1.54) is 11.9 Å². The van der Waals surface area contributed by atoms with Crippen LogP contribution in [-0.4, -0.2) is 29.5 Å². The highest BCUT2D eigenvalue weighted by Gasteiger charge is 2.13. The number of nitrogens with zero attached hydrogens (tertiary/aromatic N) is 6. The highest BCUT2D eigenvalue weighted by Crippen LogP contribution is 2.14. The number of hydrogen-bond acceptors (Lipinski definition) is 4. The average Bonchev–Trinajstić information content (AvgIpc) is 3.09. The summed E-state index contributed by atoms with van der Waals surface area (Å²) in [5, 5.41) is 8.84. The lowest BCUT2D eigenvalue weighted by Gasteiger charge is -2.06. The Morgan fingerprint density at radius 3 is 2.77 bits per heavy atom. The first-order valence-corrected chi connectivity index (χ1v) is 7.46. The smallest absolute Gasteiger partial charge is 0.154 e. The lowest BCUT2D eigenvalue weighted by molar-refractivity contribution is 0.618. The average molecular weight is 296 g/mol. The number of rotatable bonds is 5. The Hall–Kier alpha value is -2.50. The molecule has 0 aliphatic heterocycles. The van der Waals surface area contributed by atoms with Crippen LogP contribution in [0.25, 0.3) is 5.69 Å². The van der Waals surface area contributed by atoms with E-state index >= 15 is 0 Å². The highest BCUT2D eigenvalue weighted by molar-refractivity contribution is 5.35. The zero-order valence-corrected chi connectivity index (χ0v) is 13.1. The third-order valence-corrected chi connectivity index (χ3v) is 3.33. The van der Waals surface area contributed by atoms with E-state index in [-0.39, 0.29) is 0 Å². The molecule has 0 saturated carbocycles. The minimum atomic E-state index is 0.521. The molecule has 6 heteroatoms. The lowest BCUT2D eigenvalue weighted by atomic mass is 10.1. The normalized spacial score (nSPS) is 11.3. The zero-order valence-electron chi connectivity index (χ0n) is 13.1.